The number of hydrogen-bond donors (Lipinski definition) is 6. The summed E-state index contributed by atoms with van der Waals surface area (Å²) in [5.41, 5.74) is 0. The zero-order chi connectivity index (χ0) is 66.8. The fourth-order valence-electron chi connectivity index (χ4n) is 11.0. The van der Waals surface area contributed by atoms with Gasteiger partial charge in [0.1, 0.15) is 66.5 Å². The molecule has 1 fully saturated rings. The van der Waals surface area contributed by atoms with E-state index in [4.69, 9.17) is 0 Å². The molecule has 13 atom stereocenters. The maximum atomic E-state index is 15.2. The van der Waals surface area contributed by atoms with Crippen molar-refractivity contribution in [2.24, 2.45) is 41.4 Å². The first-order valence-electron chi connectivity index (χ1n) is 30.7. The second-order valence-corrected chi connectivity index (χ2v) is 26.0. The molecule has 0 aromatic rings. The third-order valence-corrected chi connectivity index (χ3v) is 16.4. The molecule has 6 N–H and O–H groups in total. The first kappa shape index (κ1) is 77.8. The summed E-state index contributed by atoms with van der Waals surface area (Å²) in [5, 5.41) is 33.8. The van der Waals surface area contributed by atoms with Gasteiger partial charge in [-0.05, 0) is 94.3 Å². The highest BCUT2D eigenvalue weighted by Gasteiger charge is 2.46. The van der Waals surface area contributed by atoms with Gasteiger partial charge in [-0.15, -0.1) is 0 Å². The van der Waals surface area contributed by atoms with Crippen LogP contribution in [-0.4, -0.2) is 238 Å². The average Bonchev–Trinajstić information content (AvgIpc) is 2.44. The fourth-order valence-corrected chi connectivity index (χ4v) is 11.0. The van der Waals surface area contributed by atoms with Gasteiger partial charge in [-0.3, -0.25) is 52.7 Å². The molecule has 11 amide bonds. The van der Waals surface area contributed by atoms with Crippen molar-refractivity contribution in [3.05, 3.63) is 12.2 Å². The lowest BCUT2D eigenvalue weighted by Gasteiger charge is -2.41. The van der Waals surface area contributed by atoms with Crippen molar-refractivity contribution < 1.29 is 63.0 Å². The molecule has 1 saturated heterocycles. The molecule has 1 rings (SSSR count). The number of carbonyl (C=O) groups is 11. The van der Waals surface area contributed by atoms with Gasteiger partial charge in [0.2, 0.25) is 65.0 Å². The number of carbonyl (C=O) groups excluding carboxylic acids is 11. The molecule has 24 nitrogen and oxygen atoms in total. The lowest BCUT2D eigenvalue weighted by molar-refractivity contribution is -0.157. The molecule has 0 aliphatic carbocycles. The van der Waals surface area contributed by atoms with Crippen molar-refractivity contribution in [2.45, 2.75) is 222 Å². The maximum absolute atomic E-state index is 15.2. The molecule has 1 aliphatic heterocycles. The molecule has 24 heteroatoms. The number of allylic oxidation sites excluding steroid dienone is 2. The van der Waals surface area contributed by atoms with Crippen molar-refractivity contribution >= 4 is 65.0 Å². The van der Waals surface area contributed by atoms with Crippen molar-refractivity contribution in [2.75, 3.05) is 55.9 Å². The number of nitrogens with zero attached hydrogens (tertiary/aromatic N) is 7. The van der Waals surface area contributed by atoms with Gasteiger partial charge in [-0.25, -0.2) is 0 Å². The van der Waals surface area contributed by atoms with Crippen LogP contribution in [0.5, 0.6) is 0 Å². The topological polar surface area (TPSA) is 299 Å². The van der Waals surface area contributed by atoms with E-state index in [-0.39, 0.29) is 49.9 Å². The minimum atomic E-state index is -1.67. The van der Waals surface area contributed by atoms with Crippen molar-refractivity contribution in [1.82, 2.24) is 55.6 Å². The van der Waals surface area contributed by atoms with Crippen molar-refractivity contribution in [3.63, 3.8) is 0 Å². The van der Waals surface area contributed by atoms with Crippen LogP contribution in [0.2, 0.25) is 0 Å². The van der Waals surface area contributed by atoms with Crippen molar-refractivity contribution in [3.8, 4) is 0 Å². The van der Waals surface area contributed by atoms with Crippen LogP contribution in [0.4, 0.5) is 0 Å². The van der Waals surface area contributed by atoms with E-state index in [1.54, 1.807) is 74.5 Å². The normalized spacial score (nSPS) is 27.6. The molecule has 0 unspecified atom stereocenters. The molecule has 0 aromatic heterocycles. The van der Waals surface area contributed by atoms with Gasteiger partial charge >= 0.3 is 0 Å². The molecule has 0 saturated carbocycles. The van der Waals surface area contributed by atoms with Gasteiger partial charge in [0.15, 0.2) is 0 Å². The predicted octanol–water partition coefficient (Wildman–Crippen LogP) is 2.24. The number of hydrogen-bond acceptors (Lipinski definition) is 13. The Kier molecular flexibility index (Phi) is 31.7. The van der Waals surface area contributed by atoms with E-state index in [1.165, 1.54) is 82.8 Å². The summed E-state index contributed by atoms with van der Waals surface area (Å²) in [4.78, 5) is 169. The summed E-state index contributed by atoms with van der Waals surface area (Å²) in [7, 11) is 9.61. The molecule has 492 valence electrons. The van der Waals surface area contributed by atoms with Gasteiger partial charge < -0.3 is 65.8 Å². The van der Waals surface area contributed by atoms with Crippen molar-refractivity contribution in [1.29, 1.82) is 0 Å². The maximum Gasteiger partial charge on any atom is 0.248 e. The molecule has 0 radical (unpaired) electrons. The molecule has 86 heavy (non-hydrogen) atoms. The van der Waals surface area contributed by atoms with Crippen LogP contribution in [0.25, 0.3) is 0 Å². The number of amides is 11. The minimum Gasteiger partial charge on any atom is -0.394 e. The number of rotatable bonds is 15. The van der Waals surface area contributed by atoms with Gasteiger partial charge in [-0.2, -0.15) is 0 Å². The van der Waals surface area contributed by atoms with Gasteiger partial charge in [0, 0.05) is 49.3 Å². The summed E-state index contributed by atoms with van der Waals surface area (Å²) >= 11 is 0. The first-order chi connectivity index (χ1) is 39.7. The average molecular weight is 1220 g/mol. The number of aliphatic hydroxyl groups is 2. The fraction of sp³-hybridized carbons (Fsp3) is 0.790. The van der Waals surface area contributed by atoms with E-state index in [2.05, 4.69) is 21.3 Å². The molecule has 0 spiro atoms. The van der Waals surface area contributed by atoms with Gasteiger partial charge in [0.25, 0.3) is 0 Å². The molecular formula is C62H111N11O13. The Morgan fingerprint density at radius 3 is 1.27 bits per heavy atom. The van der Waals surface area contributed by atoms with Crippen LogP contribution in [0, 0.1) is 41.4 Å². The van der Waals surface area contributed by atoms with Crippen LogP contribution in [-0.2, 0) is 52.7 Å². The third kappa shape index (κ3) is 20.5. The second-order valence-electron chi connectivity index (χ2n) is 26.0. The van der Waals surface area contributed by atoms with Gasteiger partial charge in [-0.1, -0.05) is 109 Å². The molecular weight excluding hydrogens is 1110 g/mol. The number of nitrogens with one attached hydrogen (secondary N) is 4. The Morgan fingerprint density at radius 2 is 0.826 bits per heavy atom. The quantitative estimate of drug-likeness (QED) is 0.129. The van der Waals surface area contributed by atoms with E-state index in [0.717, 1.165) is 14.7 Å². The zero-order valence-electron chi connectivity index (χ0n) is 56.4. The van der Waals surface area contributed by atoms with E-state index in [1.807, 2.05) is 41.5 Å². The second kappa shape index (κ2) is 35.0. The highest BCUT2D eigenvalue weighted by Crippen LogP contribution is 2.26. The highest BCUT2D eigenvalue weighted by molar-refractivity contribution is 6.00. The molecule has 1 heterocycles. The lowest BCUT2D eigenvalue weighted by Crippen LogP contribution is -2.64. The minimum absolute atomic E-state index is 0.0636. The Balaban J connectivity index is 4.39. The summed E-state index contributed by atoms with van der Waals surface area (Å²) < 4.78 is 0. The lowest BCUT2D eigenvalue weighted by atomic mass is 9.91. The Morgan fingerprint density at radius 1 is 0.430 bits per heavy atom. The summed E-state index contributed by atoms with van der Waals surface area (Å²) in [6.07, 6.45) is 2.63. The third-order valence-electron chi connectivity index (χ3n) is 16.4. The zero-order valence-corrected chi connectivity index (χ0v) is 56.4. The smallest absolute Gasteiger partial charge is 0.248 e. The van der Waals surface area contributed by atoms with Gasteiger partial charge in [0.05, 0.1) is 12.7 Å². The highest BCUT2D eigenvalue weighted by atomic mass is 16.3. The molecule has 1 aliphatic rings. The number of likely N-dealkylation sites (N-methyl/N-ethyl adjacent to an activating group) is 7. The predicted molar refractivity (Wildman–Crippen MR) is 330 cm³/mol. The van der Waals surface area contributed by atoms with Crippen LogP contribution in [0.3, 0.4) is 0 Å². The Bertz CT molecular complexity index is 2360. The Hall–Kier alpha value is -6.17. The summed E-state index contributed by atoms with van der Waals surface area (Å²) in [6, 6.07) is -14.5. The molecule has 0 aromatic carbocycles. The summed E-state index contributed by atoms with van der Waals surface area (Å²) in [6.45, 7) is 28.3. The Labute approximate surface area is 513 Å². The molecule has 0 bridgehead atoms. The standard InChI is InChI=1S/C62H111N11O13/c1-25-27-28-39(15)51(75)50-55(79)65-42(26-2)57(81)70(21)46(32-74)60(84)71(22)48(37(11)12)54(78)66-47(36(9)10)61(85)67(18)43(29-33(3)4)53(77)63-40(16)52(76)64-41(17)56(80)68(19)44(30-34(5)6)58(82)69(20)45(31-35(7)8)59(83)72(23)49(38(13)14)62(86)73(50)24/h25,27,33-51,74-75H,26,28-32H2,1-24H3,(H,63,77)(H,64,76)(H,65,79)(H,66,78)/t39-,40+,41-,42+,43+,44+,45+,46-,47+,48+,49+,50+,51-/m1/s1. The van der Waals surface area contributed by atoms with Crippen LogP contribution in [0.1, 0.15) is 150 Å². The SMILES string of the molecule is CC=CC[C@@H](C)[C@@H](O)[C@H]1C(=O)N[C@@H](CC)C(=O)N(C)[C@H](CO)C(=O)N(C)[C@@H](C(C)C)C(=O)N[C@@H](C(C)C)C(=O)N(C)[C@@H](CC(C)C)C(=O)N[C@@H](C)C(=O)N[C@H](C)C(=O)N(C)[C@@H](CC(C)C)C(=O)N(C)[C@@H](CC(C)C)C(=O)N(C)[C@@H](C(C)C)C(=O)N1C. The van der Waals surface area contributed by atoms with Crippen LogP contribution >= 0.6 is 0 Å². The number of aliphatic hydroxyl groups excluding tert-OH is 2. The van der Waals surface area contributed by atoms with E-state index >= 15 is 9.59 Å². The van der Waals surface area contributed by atoms with Crippen LogP contribution < -0.4 is 21.3 Å². The monoisotopic (exact) mass is 1220 g/mol. The first-order valence-corrected chi connectivity index (χ1v) is 30.7. The van der Waals surface area contributed by atoms with E-state index in [9.17, 15) is 53.4 Å². The summed E-state index contributed by atoms with van der Waals surface area (Å²) in [5.74, 6) is -11.0. The largest absolute Gasteiger partial charge is 0.394 e. The van der Waals surface area contributed by atoms with E-state index in [0.29, 0.717) is 0 Å². The van der Waals surface area contributed by atoms with Crippen LogP contribution in [0.15, 0.2) is 12.2 Å². The van der Waals surface area contributed by atoms with E-state index < -0.39 is 168 Å².